The summed E-state index contributed by atoms with van der Waals surface area (Å²) in [6, 6.07) is 16.0. The van der Waals surface area contributed by atoms with Crippen molar-refractivity contribution in [3.8, 4) is 11.5 Å². The quantitative estimate of drug-likeness (QED) is 0.864. The van der Waals surface area contributed by atoms with E-state index < -0.39 is 0 Å². The maximum atomic E-state index is 5.80. The van der Waals surface area contributed by atoms with Crippen molar-refractivity contribution in [2.75, 3.05) is 6.54 Å². The van der Waals surface area contributed by atoms with Gasteiger partial charge in [0.1, 0.15) is 11.5 Å². The van der Waals surface area contributed by atoms with Crippen LogP contribution in [0.2, 0.25) is 0 Å². The summed E-state index contributed by atoms with van der Waals surface area (Å²) in [5.41, 5.74) is 6.75. The average Bonchev–Trinajstić information content (AvgIpc) is 2.35. The second kappa shape index (κ2) is 6.02. The SMILES string of the molecule is NCCc1ccc(Oc2ccccc2I)cc1. The Morgan fingerprint density at radius 1 is 1.00 bits per heavy atom. The molecule has 2 aromatic carbocycles. The molecule has 0 aromatic heterocycles. The van der Waals surface area contributed by atoms with Gasteiger partial charge >= 0.3 is 0 Å². The lowest BCUT2D eigenvalue weighted by atomic mass is 10.1. The summed E-state index contributed by atoms with van der Waals surface area (Å²) >= 11 is 2.27. The van der Waals surface area contributed by atoms with E-state index in [0.717, 1.165) is 21.5 Å². The van der Waals surface area contributed by atoms with E-state index in [9.17, 15) is 0 Å². The van der Waals surface area contributed by atoms with E-state index in [2.05, 4.69) is 34.7 Å². The summed E-state index contributed by atoms with van der Waals surface area (Å²) in [6.07, 6.45) is 0.906. The number of halogens is 1. The number of rotatable bonds is 4. The van der Waals surface area contributed by atoms with Gasteiger partial charge in [-0.2, -0.15) is 0 Å². The third-order valence-electron chi connectivity index (χ3n) is 2.42. The van der Waals surface area contributed by atoms with Gasteiger partial charge < -0.3 is 10.5 Å². The predicted octanol–water partition coefficient (Wildman–Crippen LogP) is 3.58. The van der Waals surface area contributed by atoms with Gasteiger partial charge in [-0.25, -0.2) is 0 Å². The fourth-order valence-electron chi connectivity index (χ4n) is 1.55. The molecule has 2 rings (SSSR count). The van der Waals surface area contributed by atoms with Crippen LogP contribution >= 0.6 is 22.6 Å². The molecule has 2 nitrogen and oxygen atoms in total. The highest BCUT2D eigenvalue weighted by atomic mass is 127. The predicted molar refractivity (Wildman–Crippen MR) is 78.4 cm³/mol. The van der Waals surface area contributed by atoms with Crippen LogP contribution in [0.25, 0.3) is 0 Å². The van der Waals surface area contributed by atoms with Crippen LogP contribution in [0.5, 0.6) is 11.5 Å². The molecule has 0 amide bonds. The molecule has 0 fully saturated rings. The van der Waals surface area contributed by atoms with Crippen LogP contribution in [0.3, 0.4) is 0 Å². The first-order chi connectivity index (χ1) is 8.29. The van der Waals surface area contributed by atoms with Crippen LogP contribution in [0, 0.1) is 3.57 Å². The summed E-state index contributed by atoms with van der Waals surface area (Å²) in [7, 11) is 0. The maximum absolute atomic E-state index is 5.80. The van der Waals surface area contributed by atoms with Gasteiger partial charge in [-0.15, -0.1) is 0 Å². The second-order valence-corrected chi connectivity index (χ2v) is 4.88. The number of para-hydroxylation sites is 1. The highest BCUT2D eigenvalue weighted by Crippen LogP contribution is 2.26. The Hall–Kier alpha value is -1.07. The van der Waals surface area contributed by atoms with Crippen molar-refractivity contribution < 1.29 is 4.74 Å². The van der Waals surface area contributed by atoms with Crippen LogP contribution in [-0.2, 0) is 6.42 Å². The van der Waals surface area contributed by atoms with Gasteiger partial charge in [0.25, 0.3) is 0 Å². The number of hydrogen-bond acceptors (Lipinski definition) is 2. The van der Waals surface area contributed by atoms with Crippen molar-refractivity contribution in [3.05, 3.63) is 57.7 Å². The van der Waals surface area contributed by atoms with Crippen LogP contribution in [0.1, 0.15) is 5.56 Å². The lowest BCUT2D eigenvalue weighted by molar-refractivity contribution is 0.479. The lowest BCUT2D eigenvalue weighted by Crippen LogP contribution is -2.02. The minimum absolute atomic E-state index is 0.677. The molecule has 0 unspecified atom stereocenters. The molecule has 17 heavy (non-hydrogen) atoms. The van der Waals surface area contributed by atoms with Gasteiger partial charge in [-0.05, 0) is 65.4 Å². The van der Waals surface area contributed by atoms with E-state index in [1.54, 1.807) is 0 Å². The molecule has 88 valence electrons. The topological polar surface area (TPSA) is 35.2 Å². The Labute approximate surface area is 115 Å². The van der Waals surface area contributed by atoms with Gasteiger partial charge in [0.15, 0.2) is 0 Å². The Morgan fingerprint density at radius 3 is 2.35 bits per heavy atom. The lowest BCUT2D eigenvalue weighted by Gasteiger charge is -2.08. The van der Waals surface area contributed by atoms with E-state index in [-0.39, 0.29) is 0 Å². The maximum Gasteiger partial charge on any atom is 0.140 e. The van der Waals surface area contributed by atoms with Crippen molar-refractivity contribution in [2.24, 2.45) is 5.73 Å². The minimum Gasteiger partial charge on any atom is -0.456 e. The van der Waals surface area contributed by atoms with Crippen molar-refractivity contribution >= 4 is 22.6 Å². The van der Waals surface area contributed by atoms with Crippen LogP contribution in [0.15, 0.2) is 48.5 Å². The van der Waals surface area contributed by atoms with Gasteiger partial charge in [0, 0.05) is 0 Å². The third-order valence-corrected chi connectivity index (χ3v) is 3.31. The van der Waals surface area contributed by atoms with Gasteiger partial charge in [0.05, 0.1) is 3.57 Å². The fourth-order valence-corrected chi connectivity index (χ4v) is 2.04. The molecule has 0 aliphatic carbocycles. The zero-order chi connectivity index (χ0) is 12.1. The first-order valence-electron chi connectivity index (χ1n) is 5.51. The van der Waals surface area contributed by atoms with E-state index >= 15 is 0 Å². The van der Waals surface area contributed by atoms with Crippen molar-refractivity contribution in [1.82, 2.24) is 0 Å². The number of nitrogens with two attached hydrogens (primary N) is 1. The molecule has 0 aliphatic rings. The average molecular weight is 339 g/mol. The van der Waals surface area contributed by atoms with Crippen LogP contribution in [0.4, 0.5) is 0 Å². The van der Waals surface area contributed by atoms with Crippen LogP contribution < -0.4 is 10.5 Å². The standard InChI is InChI=1S/C14H14INO/c15-13-3-1-2-4-14(13)17-12-7-5-11(6-8-12)9-10-16/h1-8H,9-10,16H2. The summed E-state index contributed by atoms with van der Waals surface area (Å²) in [5, 5.41) is 0. The smallest absolute Gasteiger partial charge is 0.140 e. The monoisotopic (exact) mass is 339 g/mol. The molecule has 0 saturated heterocycles. The number of benzene rings is 2. The van der Waals surface area contributed by atoms with E-state index in [0.29, 0.717) is 6.54 Å². The molecule has 2 N–H and O–H groups in total. The van der Waals surface area contributed by atoms with E-state index in [1.807, 2.05) is 36.4 Å². The molecule has 0 spiro atoms. The zero-order valence-corrected chi connectivity index (χ0v) is 11.6. The van der Waals surface area contributed by atoms with Gasteiger partial charge in [-0.1, -0.05) is 24.3 Å². The molecule has 2 aromatic rings. The summed E-state index contributed by atoms with van der Waals surface area (Å²) in [6.45, 7) is 0.677. The Balaban J connectivity index is 2.11. The largest absolute Gasteiger partial charge is 0.456 e. The van der Waals surface area contributed by atoms with Gasteiger partial charge in [-0.3, -0.25) is 0 Å². The Kier molecular flexibility index (Phi) is 4.39. The fraction of sp³-hybridized carbons (Fsp3) is 0.143. The van der Waals surface area contributed by atoms with Crippen molar-refractivity contribution in [3.63, 3.8) is 0 Å². The third kappa shape index (κ3) is 3.44. The molecule has 0 bridgehead atoms. The summed E-state index contributed by atoms with van der Waals surface area (Å²) in [4.78, 5) is 0. The summed E-state index contributed by atoms with van der Waals surface area (Å²) < 4.78 is 6.91. The molecule has 0 heterocycles. The molecule has 0 saturated carbocycles. The normalized spacial score (nSPS) is 10.2. The van der Waals surface area contributed by atoms with Crippen molar-refractivity contribution in [2.45, 2.75) is 6.42 Å². The molecule has 0 radical (unpaired) electrons. The number of ether oxygens (including phenoxy) is 1. The summed E-state index contributed by atoms with van der Waals surface area (Å²) in [5.74, 6) is 1.74. The van der Waals surface area contributed by atoms with E-state index in [4.69, 9.17) is 10.5 Å². The second-order valence-electron chi connectivity index (χ2n) is 3.72. The Morgan fingerprint density at radius 2 is 1.71 bits per heavy atom. The Bertz CT molecular complexity index is 482. The van der Waals surface area contributed by atoms with Crippen molar-refractivity contribution in [1.29, 1.82) is 0 Å². The molecular formula is C14H14INO. The number of hydrogen-bond donors (Lipinski definition) is 1. The first kappa shape index (κ1) is 12.4. The zero-order valence-electron chi connectivity index (χ0n) is 9.40. The van der Waals surface area contributed by atoms with Crippen LogP contribution in [-0.4, -0.2) is 6.54 Å². The van der Waals surface area contributed by atoms with E-state index in [1.165, 1.54) is 5.56 Å². The van der Waals surface area contributed by atoms with Gasteiger partial charge in [0.2, 0.25) is 0 Å². The molecule has 0 aliphatic heterocycles. The highest BCUT2D eigenvalue weighted by molar-refractivity contribution is 14.1. The first-order valence-corrected chi connectivity index (χ1v) is 6.59. The molecule has 0 atom stereocenters. The molecule has 3 heteroatoms. The minimum atomic E-state index is 0.677. The highest BCUT2D eigenvalue weighted by Gasteiger charge is 2.01. The molecular weight excluding hydrogens is 325 g/mol.